The second-order valence-corrected chi connectivity index (χ2v) is 4.81. The van der Waals surface area contributed by atoms with E-state index in [0.29, 0.717) is 0 Å². The molecule has 1 aliphatic heterocycles. The Kier molecular flexibility index (Phi) is 3.87. The molecule has 0 aromatic heterocycles. The summed E-state index contributed by atoms with van der Waals surface area (Å²) in [5.74, 6) is 0.994. The number of ether oxygens (including phenoxy) is 1. The molecule has 0 radical (unpaired) electrons. The second kappa shape index (κ2) is 5.40. The zero-order valence-electron chi connectivity index (χ0n) is 11.1. The maximum absolute atomic E-state index is 12.1. The van der Waals surface area contributed by atoms with Crippen LogP contribution in [0.5, 0.6) is 5.75 Å². The van der Waals surface area contributed by atoms with Crippen LogP contribution < -0.4 is 15.4 Å². The van der Waals surface area contributed by atoms with Gasteiger partial charge in [0.2, 0.25) is 5.91 Å². The van der Waals surface area contributed by atoms with Crippen molar-refractivity contribution in [1.29, 1.82) is 0 Å². The van der Waals surface area contributed by atoms with E-state index in [1.807, 2.05) is 25.1 Å². The number of rotatable bonds is 3. The summed E-state index contributed by atoms with van der Waals surface area (Å²) in [4.78, 5) is 12.1. The molecule has 0 saturated carbocycles. The van der Waals surface area contributed by atoms with Crippen molar-refractivity contribution in [2.75, 3.05) is 19.0 Å². The minimum atomic E-state index is 0.0624. The fourth-order valence-corrected chi connectivity index (χ4v) is 2.41. The number of nitrogens with one attached hydrogen (secondary N) is 2. The molecule has 0 aliphatic carbocycles. The first-order valence-electron chi connectivity index (χ1n) is 6.30. The van der Waals surface area contributed by atoms with Gasteiger partial charge in [-0.2, -0.15) is 0 Å². The second-order valence-electron chi connectivity index (χ2n) is 4.81. The van der Waals surface area contributed by atoms with E-state index >= 15 is 0 Å². The predicted molar refractivity (Wildman–Crippen MR) is 71.9 cm³/mol. The minimum absolute atomic E-state index is 0.0624. The molecule has 4 heteroatoms. The largest absolute Gasteiger partial charge is 0.496 e. The third-order valence-electron chi connectivity index (χ3n) is 3.52. The van der Waals surface area contributed by atoms with Crippen LogP contribution in [-0.2, 0) is 4.79 Å². The lowest BCUT2D eigenvalue weighted by atomic mass is 10.0. The van der Waals surface area contributed by atoms with Gasteiger partial charge in [-0.25, -0.2) is 0 Å². The molecule has 1 amide bonds. The van der Waals surface area contributed by atoms with Crippen LogP contribution in [0.1, 0.15) is 18.9 Å². The Hall–Kier alpha value is -1.55. The molecule has 2 atom stereocenters. The first kappa shape index (κ1) is 12.9. The quantitative estimate of drug-likeness (QED) is 0.859. The van der Waals surface area contributed by atoms with Gasteiger partial charge in [0.25, 0.3) is 0 Å². The molecule has 1 aromatic carbocycles. The van der Waals surface area contributed by atoms with Gasteiger partial charge in [-0.1, -0.05) is 0 Å². The minimum Gasteiger partial charge on any atom is -0.496 e. The Balaban J connectivity index is 2.05. The van der Waals surface area contributed by atoms with Crippen LogP contribution in [0.3, 0.4) is 0 Å². The number of anilines is 1. The van der Waals surface area contributed by atoms with E-state index in [9.17, 15) is 4.79 Å². The molecule has 98 valence electrons. The monoisotopic (exact) mass is 248 g/mol. The summed E-state index contributed by atoms with van der Waals surface area (Å²) in [7, 11) is 1.65. The maximum Gasteiger partial charge on any atom is 0.229 e. The number of benzene rings is 1. The van der Waals surface area contributed by atoms with Crippen LogP contribution in [0.15, 0.2) is 18.2 Å². The van der Waals surface area contributed by atoms with Crippen LogP contribution in [0.25, 0.3) is 0 Å². The lowest BCUT2D eigenvalue weighted by Crippen LogP contribution is -2.32. The van der Waals surface area contributed by atoms with E-state index in [4.69, 9.17) is 4.74 Å². The summed E-state index contributed by atoms with van der Waals surface area (Å²) >= 11 is 0. The van der Waals surface area contributed by atoms with Crippen molar-refractivity contribution >= 4 is 11.6 Å². The molecule has 2 rings (SSSR count). The molecular weight excluding hydrogens is 228 g/mol. The fraction of sp³-hybridized carbons (Fsp3) is 0.500. The van der Waals surface area contributed by atoms with E-state index < -0.39 is 0 Å². The van der Waals surface area contributed by atoms with Crippen molar-refractivity contribution in [2.24, 2.45) is 5.92 Å². The fourth-order valence-electron chi connectivity index (χ4n) is 2.41. The van der Waals surface area contributed by atoms with Crippen LogP contribution in [-0.4, -0.2) is 25.6 Å². The Morgan fingerprint density at radius 1 is 1.50 bits per heavy atom. The summed E-state index contributed by atoms with van der Waals surface area (Å²) in [6.07, 6.45) is 0.905. The number of methoxy groups -OCH3 is 1. The topological polar surface area (TPSA) is 50.4 Å². The van der Waals surface area contributed by atoms with Gasteiger partial charge < -0.3 is 15.4 Å². The normalized spacial score (nSPS) is 22.8. The van der Waals surface area contributed by atoms with E-state index in [0.717, 1.165) is 30.0 Å². The lowest BCUT2D eigenvalue weighted by Gasteiger charge is -2.15. The molecule has 2 N–H and O–H groups in total. The molecule has 1 aromatic rings. The van der Waals surface area contributed by atoms with E-state index in [1.165, 1.54) is 0 Å². The Labute approximate surface area is 108 Å². The number of hydrogen-bond acceptors (Lipinski definition) is 3. The van der Waals surface area contributed by atoms with Crippen molar-refractivity contribution in [3.05, 3.63) is 23.8 Å². The van der Waals surface area contributed by atoms with Crippen molar-refractivity contribution in [3.63, 3.8) is 0 Å². The Bertz CT molecular complexity index is 445. The number of hydrogen-bond donors (Lipinski definition) is 2. The highest BCUT2D eigenvalue weighted by atomic mass is 16.5. The maximum atomic E-state index is 12.1. The highest BCUT2D eigenvalue weighted by Crippen LogP contribution is 2.23. The van der Waals surface area contributed by atoms with Gasteiger partial charge in [-0.15, -0.1) is 0 Å². The highest BCUT2D eigenvalue weighted by Gasteiger charge is 2.29. The number of aryl methyl sites for hydroxylation is 1. The molecule has 2 unspecified atom stereocenters. The summed E-state index contributed by atoms with van der Waals surface area (Å²) in [5.41, 5.74) is 1.85. The van der Waals surface area contributed by atoms with Gasteiger partial charge in [0.15, 0.2) is 0 Å². The molecular formula is C14H20N2O2. The van der Waals surface area contributed by atoms with Crippen molar-refractivity contribution in [2.45, 2.75) is 26.3 Å². The van der Waals surface area contributed by atoms with E-state index in [-0.39, 0.29) is 17.9 Å². The summed E-state index contributed by atoms with van der Waals surface area (Å²) in [6, 6.07) is 5.94. The van der Waals surface area contributed by atoms with E-state index in [1.54, 1.807) is 7.11 Å². The highest BCUT2D eigenvalue weighted by molar-refractivity contribution is 5.93. The van der Waals surface area contributed by atoms with Gasteiger partial charge in [-0.3, -0.25) is 4.79 Å². The first-order chi connectivity index (χ1) is 8.61. The average Bonchev–Trinajstić information content (AvgIpc) is 2.76. The van der Waals surface area contributed by atoms with Gasteiger partial charge in [0.1, 0.15) is 5.75 Å². The van der Waals surface area contributed by atoms with E-state index in [2.05, 4.69) is 17.6 Å². The van der Waals surface area contributed by atoms with Crippen LogP contribution in [0.2, 0.25) is 0 Å². The summed E-state index contributed by atoms with van der Waals surface area (Å²) in [5, 5.41) is 6.26. The predicted octanol–water partition coefficient (Wildman–Crippen LogP) is 1.94. The zero-order valence-corrected chi connectivity index (χ0v) is 11.1. The third-order valence-corrected chi connectivity index (χ3v) is 3.52. The summed E-state index contributed by atoms with van der Waals surface area (Å²) < 4.78 is 5.20. The molecule has 1 fully saturated rings. The van der Waals surface area contributed by atoms with Crippen LogP contribution in [0.4, 0.5) is 5.69 Å². The Morgan fingerprint density at radius 2 is 2.28 bits per heavy atom. The zero-order chi connectivity index (χ0) is 13.1. The standard InChI is InChI=1S/C14H20N2O2/c1-9-8-11(4-5-13(9)18-3)16-14(17)12-6-7-15-10(12)2/h4-5,8,10,12,15H,6-7H2,1-3H3,(H,16,17). The molecule has 4 nitrogen and oxygen atoms in total. The molecule has 1 aliphatic rings. The van der Waals surface area contributed by atoms with Crippen molar-refractivity contribution in [1.82, 2.24) is 5.32 Å². The van der Waals surface area contributed by atoms with Gasteiger partial charge in [-0.05, 0) is 50.6 Å². The number of amides is 1. The van der Waals surface area contributed by atoms with Crippen LogP contribution in [0, 0.1) is 12.8 Å². The first-order valence-corrected chi connectivity index (χ1v) is 6.30. The lowest BCUT2D eigenvalue weighted by molar-refractivity contribution is -0.119. The third kappa shape index (κ3) is 2.64. The average molecular weight is 248 g/mol. The number of carbonyl (C=O) groups excluding carboxylic acids is 1. The van der Waals surface area contributed by atoms with Gasteiger partial charge in [0.05, 0.1) is 13.0 Å². The molecule has 18 heavy (non-hydrogen) atoms. The molecule has 1 heterocycles. The van der Waals surface area contributed by atoms with Crippen molar-refractivity contribution < 1.29 is 9.53 Å². The van der Waals surface area contributed by atoms with Gasteiger partial charge >= 0.3 is 0 Å². The van der Waals surface area contributed by atoms with Gasteiger partial charge in [0, 0.05) is 11.7 Å². The molecule has 0 bridgehead atoms. The summed E-state index contributed by atoms with van der Waals surface area (Å²) in [6.45, 7) is 4.94. The SMILES string of the molecule is COc1ccc(NC(=O)C2CCNC2C)cc1C. The Morgan fingerprint density at radius 3 is 2.83 bits per heavy atom. The van der Waals surface area contributed by atoms with Crippen molar-refractivity contribution in [3.8, 4) is 5.75 Å². The molecule has 0 spiro atoms. The molecule has 1 saturated heterocycles. The smallest absolute Gasteiger partial charge is 0.229 e. The number of carbonyl (C=O) groups is 1. The van der Waals surface area contributed by atoms with Crippen LogP contribution >= 0.6 is 0 Å².